The Bertz CT molecular complexity index is 245. The van der Waals surface area contributed by atoms with Crippen LogP contribution < -0.4 is 5.32 Å². The van der Waals surface area contributed by atoms with E-state index >= 15 is 0 Å². The van der Waals surface area contributed by atoms with E-state index in [-0.39, 0.29) is 0 Å². The minimum absolute atomic E-state index is 0.660. The van der Waals surface area contributed by atoms with Gasteiger partial charge in [0, 0.05) is 38.4 Å². The highest BCUT2D eigenvalue weighted by atomic mass is 16.5. The fourth-order valence-corrected chi connectivity index (χ4v) is 3.99. The maximum absolute atomic E-state index is 5.30. The molecule has 1 N–H and O–H groups in total. The van der Waals surface area contributed by atoms with Crippen LogP contribution in [0.15, 0.2) is 0 Å². The third-order valence-electron chi connectivity index (χ3n) is 4.78. The first-order chi connectivity index (χ1) is 9.24. The van der Waals surface area contributed by atoms with Crippen LogP contribution in [-0.2, 0) is 4.74 Å². The molecule has 2 bridgehead atoms. The lowest BCUT2D eigenvalue weighted by Crippen LogP contribution is -2.57. The second-order valence-corrected chi connectivity index (χ2v) is 6.62. The van der Waals surface area contributed by atoms with Crippen molar-refractivity contribution in [3.8, 4) is 0 Å². The summed E-state index contributed by atoms with van der Waals surface area (Å²) in [4.78, 5) is 2.80. The van der Waals surface area contributed by atoms with Crippen LogP contribution in [0.25, 0.3) is 0 Å². The summed E-state index contributed by atoms with van der Waals surface area (Å²) < 4.78 is 5.30. The van der Waals surface area contributed by atoms with Gasteiger partial charge in [-0.25, -0.2) is 0 Å². The van der Waals surface area contributed by atoms with Crippen LogP contribution in [0.2, 0.25) is 0 Å². The van der Waals surface area contributed by atoms with Crippen LogP contribution in [0, 0.1) is 5.92 Å². The van der Waals surface area contributed by atoms with Gasteiger partial charge in [0.15, 0.2) is 0 Å². The van der Waals surface area contributed by atoms with E-state index in [1.54, 1.807) is 0 Å². The van der Waals surface area contributed by atoms with Crippen LogP contribution in [0.3, 0.4) is 0 Å². The molecule has 112 valence electrons. The van der Waals surface area contributed by atoms with Gasteiger partial charge in [-0.15, -0.1) is 0 Å². The number of hydrogen-bond donors (Lipinski definition) is 1. The number of hydrogen-bond acceptors (Lipinski definition) is 3. The van der Waals surface area contributed by atoms with Gasteiger partial charge < -0.3 is 10.1 Å². The lowest BCUT2D eigenvalue weighted by Gasteiger charge is -2.50. The average Bonchev–Trinajstić information content (AvgIpc) is 2.37. The number of nitrogens with one attached hydrogen (secondary N) is 1. The molecule has 3 nitrogen and oxygen atoms in total. The number of piperidine rings is 2. The van der Waals surface area contributed by atoms with E-state index in [2.05, 4.69) is 24.1 Å². The Morgan fingerprint density at radius 3 is 2.53 bits per heavy atom. The van der Waals surface area contributed by atoms with E-state index in [4.69, 9.17) is 4.74 Å². The van der Waals surface area contributed by atoms with Gasteiger partial charge in [-0.05, 0) is 44.6 Å². The minimum Gasteiger partial charge on any atom is -0.384 e. The zero-order chi connectivity index (χ0) is 13.7. The van der Waals surface area contributed by atoms with Crippen LogP contribution in [0.5, 0.6) is 0 Å². The molecule has 0 amide bonds. The van der Waals surface area contributed by atoms with E-state index in [0.29, 0.717) is 5.92 Å². The second-order valence-electron chi connectivity index (χ2n) is 6.62. The zero-order valence-corrected chi connectivity index (χ0v) is 13.0. The van der Waals surface area contributed by atoms with Crippen molar-refractivity contribution in [2.24, 2.45) is 5.92 Å². The topological polar surface area (TPSA) is 24.5 Å². The number of methoxy groups -OCH3 is 1. The summed E-state index contributed by atoms with van der Waals surface area (Å²) in [6.07, 6.45) is 8.21. The fourth-order valence-electron chi connectivity index (χ4n) is 3.99. The fraction of sp³-hybridized carbons (Fsp3) is 1.00. The van der Waals surface area contributed by atoms with Gasteiger partial charge in [-0.1, -0.05) is 20.3 Å². The van der Waals surface area contributed by atoms with Gasteiger partial charge in [0.05, 0.1) is 0 Å². The van der Waals surface area contributed by atoms with Crippen molar-refractivity contribution < 1.29 is 4.74 Å². The van der Waals surface area contributed by atoms with Gasteiger partial charge in [-0.3, -0.25) is 4.90 Å². The van der Waals surface area contributed by atoms with Crippen molar-refractivity contribution in [2.75, 3.05) is 26.8 Å². The Morgan fingerprint density at radius 2 is 1.95 bits per heavy atom. The summed E-state index contributed by atoms with van der Waals surface area (Å²) in [5.74, 6) is 0.660. The summed E-state index contributed by atoms with van der Waals surface area (Å²) in [5.41, 5.74) is 0. The normalized spacial score (nSPS) is 33.3. The molecule has 2 fully saturated rings. The molecular formula is C16H32N2O. The number of nitrogens with zero attached hydrogens (tertiary/aromatic N) is 1. The van der Waals surface area contributed by atoms with Crippen LogP contribution in [0.4, 0.5) is 0 Å². The first-order valence-corrected chi connectivity index (χ1v) is 8.22. The molecule has 0 aromatic rings. The first-order valence-electron chi connectivity index (χ1n) is 8.22. The molecule has 3 atom stereocenters. The molecule has 19 heavy (non-hydrogen) atoms. The van der Waals surface area contributed by atoms with Gasteiger partial charge in [-0.2, -0.15) is 0 Å². The molecule has 2 heterocycles. The number of ether oxygens (including phenoxy) is 1. The van der Waals surface area contributed by atoms with E-state index < -0.39 is 0 Å². The predicted molar refractivity (Wildman–Crippen MR) is 80.5 cm³/mol. The third kappa shape index (κ3) is 4.17. The summed E-state index contributed by atoms with van der Waals surface area (Å²) in [7, 11) is 1.82. The summed E-state index contributed by atoms with van der Waals surface area (Å²) in [5, 5.41) is 3.75. The Hall–Kier alpha value is -0.120. The summed E-state index contributed by atoms with van der Waals surface area (Å²) in [6, 6.07) is 2.41. The van der Waals surface area contributed by atoms with Crippen molar-refractivity contribution in [3.63, 3.8) is 0 Å². The third-order valence-corrected chi connectivity index (χ3v) is 4.78. The Morgan fingerprint density at radius 1 is 1.26 bits per heavy atom. The molecule has 2 aliphatic rings. The predicted octanol–water partition coefficient (Wildman–Crippen LogP) is 2.65. The quantitative estimate of drug-likeness (QED) is 0.768. The monoisotopic (exact) mass is 268 g/mol. The van der Waals surface area contributed by atoms with Gasteiger partial charge >= 0.3 is 0 Å². The standard InChI is InChI=1S/C16H32N2O/c1-4-8-17-14-9-15-6-5-7-16(10-14)18(15)11-13(2)12-19-3/h13-17H,4-12H2,1-3H3. The molecule has 0 radical (unpaired) electrons. The van der Waals surface area contributed by atoms with E-state index in [0.717, 1.165) is 24.7 Å². The lowest BCUT2D eigenvalue weighted by molar-refractivity contribution is 0.00418. The van der Waals surface area contributed by atoms with E-state index in [1.807, 2.05) is 7.11 Å². The highest BCUT2D eigenvalue weighted by Gasteiger charge is 2.38. The number of rotatable bonds is 7. The summed E-state index contributed by atoms with van der Waals surface area (Å²) in [6.45, 7) is 7.89. The SMILES string of the molecule is CCCNC1CC2CCCC(C1)N2CC(C)COC. The minimum atomic E-state index is 0.660. The largest absolute Gasteiger partial charge is 0.384 e. The summed E-state index contributed by atoms with van der Waals surface area (Å²) >= 11 is 0. The van der Waals surface area contributed by atoms with Crippen molar-refractivity contribution in [1.82, 2.24) is 10.2 Å². The average molecular weight is 268 g/mol. The Balaban J connectivity index is 1.88. The van der Waals surface area contributed by atoms with Crippen molar-refractivity contribution in [3.05, 3.63) is 0 Å². The molecular weight excluding hydrogens is 236 g/mol. The van der Waals surface area contributed by atoms with Crippen LogP contribution >= 0.6 is 0 Å². The molecule has 2 aliphatic heterocycles. The van der Waals surface area contributed by atoms with Gasteiger partial charge in [0.25, 0.3) is 0 Å². The lowest BCUT2D eigenvalue weighted by atomic mass is 9.81. The maximum atomic E-state index is 5.30. The molecule has 0 spiro atoms. The molecule has 0 aromatic carbocycles. The molecule has 2 saturated heterocycles. The molecule has 0 aliphatic carbocycles. The molecule has 3 unspecified atom stereocenters. The van der Waals surface area contributed by atoms with Crippen molar-refractivity contribution in [1.29, 1.82) is 0 Å². The molecule has 2 rings (SSSR count). The molecule has 0 saturated carbocycles. The zero-order valence-electron chi connectivity index (χ0n) is 13.0. The van der Waals surface area contributed by atoms with E-state index in [1.165, 1.54) is 51.6 Å². The van der Waals surface area contributed by atoms with Crippen LogP contribution in [-0.4, -0.2) is 49.8 Å². The smallest absolute Gasteiger partial charge is 0.0500 e. The molecule has 0 aromatic heterocycles. The Labute approximate surface area is 119 Å². The number of fused-ring (bicyclic) bond motifs is 2. The van der Waals surface area contributed by atoms with Crippen molar-refractivity contribution in [2.45, 2.75) is 70.5 Å². The highest BCUT2D eigenvalue weighted by Crippen LogP contribution is 2.34. The van der Waals surface area contributed by atoms with Gasteiger partial charge in [0.2, 0.25) is 0 Å². The van der Waals surface area contributed by atoms with Crippen LogP contribution in [0.1, 0.15) is 52.4 Å². The maximum Gasteiger partial charge on any atom is 0.0500 e. The Kier molecular flexibility index (Phi) is 6.11. The van der Waals surface area contributed by atoms with Gasteiger partial charge in [0.1, 0.15) is 0 Å². The van der Waals surface area contributed by atoms with Crippen molar-refractivity contribution >= 4 is 0 Å². The molecule has 3 heteroatoms. The van der Waals surface area contributed by atoms with E-state index in [9.17, 15) is 0 Å². The first kappa shape index (κ1) is 15.3. The second kappa shape index (κ2) is 7.61. The highest BCUT2D eigenvalue weighted by molar-refractivity contribution is 4.95.